The Balaban J connectivity index is 2.13. The van der Waals surface area contributed by atoms with E-state index < -0.39 is 0 Å². The molecule has 3 aromatic rings. The van der Waals surface area contributed by atoms with E-state index in [1.807, 2.05) is 36.0 Å². The second-order valence-electron chi connectivity index (χ2n) is 5.06. The van der Waals surface area contributed by atoms with E-state index in [1.165, 1.54) is 0 Å². The van der Waals surface area contributed by atoms with Gasteiger partial charge in [0.25, 0.3) is 0 Å². The first kappa shape index (κ1) is 14.2. The number of benzene rings is 2. The topological polar surface area (TPSA) is 17.8 Å². The van der Waals surface area contributed by atoms with Crippen molar-refractivity contribution >= 4 is 23.2 Å². The summed E-state index contributed by atoms with van der Waals surface area (Å²) in [6.45, 7) is 4.05. The summed E-state index contributed by atoms with van der Waals surface area (Å²) in [4.78, 5) is 0. The van der Waals surface area contributed by atoms with Crippen molar-refractivity contribution in [2.75, 3.05) is 0 Å². The van der Waals surface area contributed by atoms with E-state index in [-0.39, 0.29) is 0 Å². The van der Waals surface area contributed by atoms with Gasteiger partial charge in [0.15, 0.2) is 0 Å². The van der Waals surface area contributed by atoms with Gasteiger partial charge in [-0.05, 0) is 60.9 Å². The minimum absolute atomic E-state index is 0.634. The number of rotatable bonds is 2. The molecule has 1 aromatic heterocycles. The lowest BCUT2D eigenvalue weighted by Crippen LogP contribution is -1.98. The van der Waals surface area contributed by atoms with Crippen LogP contribution in [0.1, 0.15) is 11.3 Å². The quantitative estimate of drug-likeness (QED) is 0.613. The summed E-state index contributed by atoms with van der Waals surface area (Å²) < 4.78 is 1.89. The highest BCUT2D eigenvalue weighted by Gasteiger charge is 2.07. The van der Waals surface area contributed by atoms with Gasteiger partial charge in [0.2, 0.25) is 0 Å². The Morgan fingerprint density at radius 3 is 2.19 bits per heavy atom. The van der Waals surface area contributed by atoms with Gasteiger partial charge in [-0.15, -0.1) is 0 Å². The van der Waals surface area contributed by atoms with Crippen molar-refractivity contribution in [3.05, 3.63) is 70.0 Å². The minimum atomic E-state index is 0.634. The van der Waals surface area contributed by atoms with Crippen LogP contribution < -0.4 is 0 Å². The lowest BCUT2D eigenvalue weighted by molar-refractivity contribution is 0.856. The van der Waals surface area contributed by atoms with E-state index in [1.54, 1.807) is 6.07 Å². The molecule has 1 heterocycles. The molecular weight excluding hydrogens is 303 g/mol. The molecule has 2 aromatic carbocycles. The van der Waals surface area contributed by atoms with Crippen molar-refractivity contribution in [2.45, 2.75) is 13.8 Å². The van der Waals surface area contributed by atoms with E-state index in [0.717, 1.165) is 28.1 Å². The molecule has 0 fully saturated rings. The first-order valence-electron chi connectivity index (χ1n) is 6.63. The van der Waals surface area contributed by atoms with Crippen LogP contribution in [0, 0.1) is 13.8 Å². The molecule has 0 aliphatic rings. The first-order valence-corrected chi connectivity index (χ1v) is 7.38. The second kappa shape index (κ2) is 5.55. The van der Waals surface area contributed by atoms with Gasteiger partial charge in [-0.1, -0.05) is 35.3 Å². The molecule has 3 rings (SSSR count). The Bertz CT molecular complexity index is 786. The second-order valence-corrected chi connectivity index (χ2v) is 5.93. The van der Waals surface area contributed by atoms with Gasteiger partial charge in [0, 0.05) is 16.2 Å². The van der Waals surface area contributed by atoms with E-state index in [0.29, 0.717) is 10.0 Å². The Morgan fingerprint density at radius 1 is 0.857 bits per heavy atom. The number of nitrogens with zero attached hydrogens (tertiary/aromatic N) is 2. The fourth-order valence-electron chi connectivity index (χ4n) is 2.31. The fraction of sp³-hybridized carbons (Fsp3) is 0.118. The van der Waals surface area contributed by atoms with Gasteiger partial charge in [0.05, 0.1) is 11.4 Å². The number of hydrogen-bond donors (Lipinski definition) is 0. The van der Waals surface area contributed by atoms with Gasteiger partial charge in [-0.3, -0.25) is 0 Å². The first-order chi connectivity index (χ1) is 10.0. The molecule has 106 valence electrons. The maximum absolute atomic E-state index is 6.09. The molecule has 0 amide bonds. The number of aromatic nitrogens is 2. The van der Waals surface area contributed by atoms with Crippen molar-refractivity contribution in [1.82, 2.24) is 9.78 Å². The summed E-state index contributed by atoms with van der Waals surface area (Å²) >= 11 is 12.2. The standard InChI is InChI=1S/C17H14Cl2N2/c1-11-3-4-13(14-7-15(18)10-16(19)8-14)9-17(11)21-6-5-12(2)20-21/h3-10H,1-2H3. The van der Waals surface area contributed by atoms with Crippen LogP contribution in [0.25, 0.3) is 16.8 Å². The monoisotopic (exact) mass is 316 g/mol. The van der Waals surface area contributed by atoms with Crippen molar-refractivity contribution in [3.63, 3.8) is 0 Å². The van der Waals surface area contributed by atoms with Gasteiger partial charge >= 0.3 is 0 Å². The molecule has 0 saturated carbocycles. The molecule has 4 heteroatoms. The summed E-state index contributed by atoms with van der Waals surface area (Å²) in [5.41, 5.74) is 5.27. The van der Waals surface area contributed by atoms with Crippen molar-refractivity contribution in [2.24, 2.45) is 0 Å². The van der Waals surface area contributed by atoms with Crippen molar-refractivity contribution in [1.29, 1.82) is 0 Å². The summed E-state index contributed by atoms with van der Waals surface area (Å²) in [5.74, 6) is 0. The molecule has 21 heavy (non-hydrogen) atoms. The Labute approximate surface area is 133 Å². The SMILES string of the molecule is Cc1ccn(-c2cc(-c3cc(Cl)cc(Cl)c3)ccc2C)n1. The molecule has 0 aliphatic carbocycles. The maximum atomic E-state index is 6.09. The highest BCUT2D eigenvalue weighted by molar-refractivity contribution is 6.35. The van der Waals surface area contributed by atoms with Crippen LogP contribution in [0.4, 0.5) is 0 Å². The normalized spacial score (nSPS) is 10.9. The third-order valence-corrected chi connectivity index (χ3v) is 3.81. The zero-order valence-electron chi connectivity index (χ0n) is 11.8. The zero-order valence-corrected chi connectivity index (χ0v) is 13.3. The minimum Gasteiger partial charge on any atom is -0.240 e. The smallest absolute Gasteiger partial charge is 0.0680 e. The molecule has 0 radical (unpaired) electrons. The molecule has 0 unspecified atom stereocenters. The lowest BCUT2D eigenvalue weighted by Gasteiger charge is -2.10. The molecule has 0 aliphatic heterocycles. The fourth-order valence-corrected chi connectivity index (χ4v) is 2.83. The molecule has 0 spiro atoms. The molecule has 0 N–H and O–H groups in total. The largest absolute Gasteiger partial charge is 0.240 e. The summed E-state index contributed by atoms with van der Waals surface area (Å²) in [7, 11) is 0. The molecule has 0 bridgehead atoms. The average Bonchev–Trinajstić information content (AvgIpc) is 2.84. The van der Waals surface area contributed by atoms with Gasteiger partial charge in [-0.25, -0.2) is 4.68 Å². The van der Waals surface area contributed by atoms with Gasteiger partial charge in [0.1, 0.15) is 0 Å². The van der Waals surface area contributed by atoms with E-state index in [9.17, 15) is 0 Å². The predicted octanol–water partition coefficient (Wildman–Crippen LogP) is 5.46. The summed E-state index contributed by atoms with van der Waals surface area (Å²) in [6, 6.07) is 13.8. The predicted molar refractivity (Wildman–Crippen MR) is 88.5 cm³/mol. The van der Waals surface area contributed by atoms with Crippen LogP contribution >= 0.6 is 23.2 Å². The molecule has 2 nitrogen and oxygen atoms in total. The number of hydrogen-bond acceptors (Lipinski definition) is 1. The van der Waals surface area contributed by atoms with E-state index in [2.05, 4.69) is 30.2 Å². The Hall–Kier alpha value is -1.77. The van der Waals surface area contributed by atoms with Crippen LogP contribution in [0.2, 0.25) is 10.0 Å². The van der Waals surface area contributed by atoms with E-state index in [4.69, 9.17) is 23.2 Å². The summed E-state index contributed by atoms with van der Waals surface area (Å²) in [5, 5.41) is 5.74. The molecular formula is C17H14Cl2N2. The Morgan fingerprint density at radius 2 is 1.57 bits per heavy atom. The van der Waals surface area contributed by atoms with Crippen LogP contribution in [0.3, 0.4) is 0 Å². The molecule has 0 atom stereocenters. The highest BCUT2D eigenvalue weighted by atomic mass is 35.5. The maximum Gasteiger partial charge on any atom is 0.0680 e. The highest BCUT2D eigenvalue weighted by Crippen LogP contribution is 2.29. The van der Waals surface area contributed by atoms with E-state index >= 15 is 0 Å². The van der Waals surface area contributed by atoms with Crippen LogP contribution in [0.15, 0.2) is 48.7 Å². The third kappa shape index (κ3) is 2.97. The number of aryl methyl sites for hydroxylation is 2. The third-order valence-electron chi connectivity index (χ3n) is 3.37. The lowest BCUT2D eigenvalue weighted by atomic mass is 10.0. The van der Waals surface area contributed by atoms with Crippen molar-refractivity contribution < 1.29 is 0 Å². The average molecular weight is 317 g/mol. The van der Waals surface area contributed by atoms with Gasteiger partial charge in [-0.2, -0.15) is 5.10 Å². The van der Waals surface area contributed by atoms with Crippen LogP contribution in [-0.2, 0) is 0 Å². The molecule has 0 saturated heterocycles. The number of halogens is 2. The van der Waals surface area contributed by atoms with Gasteiger partial charge < -0.3 is 0 Å². The van der Waals surface area contributed by atoms with Crippen LogP contribution in [-0.4, -0.2) is 9.78 Å². The Kier molecular flexibility index (Phi) is 3.75. The summed E-state index contributed by atoms with van der Waals surface area (Å²) in [6.07, 6.45) is 1.96. The van der Waals surface area contributed by atoms with Crippen molar-refractivity contribution in [3.8, 4) is 16.8 Å². The zero-order chi connectivity index (χ0) is 15.0. The van der Waals surface area contributed by atoms with Crippen LogP contribution in [0.5, 0.6) is 0 Å².